The number of nitrogens with one attached hydrogen (secondary N) is 1. The van der Waals surface area contributed by atoms with Gasteiger partial charge in [0.1, 0.15) is 6.04 Å². The molecule has 2 aromatic carbocycles. The second-order valence-electron chi connectivity index (χ2n) is 9.48. The number of nitrogens with zero attached hydrogens (tertiary/aromatic N) is 2. The summed E-state index contributed by atoms with van der Waals surface area (Å²) in [7, 11) is 0. The predicted octanol–water partition coefficient (Wildman–Crippen LogP) is 4.07. The van der Waals surface area contributed by atoms with Crippen molar-refractivity contribution in [2.75, 3.05) is 19.6 Å². The maximum absolute atomic E-state index is 13.5. The van der Waals surface area contributed by atoms with Gasteiger partial charge in [0.05, 0.1) is 0 Å². The molecule has 2 aromatic rings. The molecule has 1 N–H and O–H groups in total. The molecule has 4 rings (SSSR count). The molecule has 5 nitrogen and oxygen atoms in total. The van der Waals surface area contributed by atoms with Crippen molar-refractivity contribution < 1.29 is 9.59 Å². The molecule has 0 saturated carbocycles. The van der Waals surface area contributed by atoms with Crippen molar-refractivity contribution >= 4 is 11.8 Å². The number of hydrogen-bond donors (Lipinski definition) is 1. The van der Waals surface area contributed by atoms with E-state index in [4.69, 9.17) is 0 Å². The van der Waals surface area contributed by atoms with Gasteiger partial charge in [0.15, 0.2) is 0 Å². The van der Waals surface area contributed by atoms with Crippen LogP contribution in [0, 0.1) is 6.92 Å². The number of hydrogen-bond acceptors (Lipinski definition) is 3. The zero-order valence-electron chi connectivity index (χ0n) is 18.9. The molecule has 1 saturated heterocycles. The first-order chi connectivity index (χ1) is 14.9. The van der Waals surface area contributed by atoms with E-state index in [0.29, 0.717) is 18.7 Å². The molecule has 2 amide bonds. The van der Waals surface area contributed by atoms with Crippen LogP contribution in [0.2, 0.25) is 0 Å². The van der Waals surface area contributed by atoms with Gasteiger partial charge in [0, 0.05) is 24.2 Å². The van der Waals surface area contributed by atoms with Crippen LogP contribution in [-0.2, 0) is 11.3 Å². The molecule has 5 heteroatoms. The van der Waals surface area contributed by atoms with Crippen LogP contribution >= 0.6 is 0 Å². The fraction of sp³-hybridized carbons (Fsp3) is 0.462. The highest BCUT2D eigenvalue weighted by molar-refractivity contribution is 6.01. The standard InChI is InChI=1S/C26H33N3O2/c1-19-11-13-20(14-12-19)23(29-17-21-9-5-6-10-22(21)25(29)31)24(30)27-18-26(2,3)28-15-7-4-8-16-28/h5-6,9-14,23H,4,7-8,15-18H2,1-3H3,(H,27,30)/t23-/m1/s1. The van der Waals surface area contributed by atoms with E-state index in [-0.39, 0.29) is 17.4 Å². The number of fused-ring (bicyclic) bond motifs is 1. The number of carbonyl (C=O) groups excluding carboxylic acids is 2. The second-order valence-corrected chi connectivity index (χ2v) is 9.48. The quantitative estimate of drug-likeness (QED) is 0.768. The van der Waals surface area contributed by atoms with E-state index in [1.807, 2.05) is 55.5 Å². The van der Waals surface area contributed by atoms with Gasteiger partial charge in [-0.2, -0.15) is 0 Å². The fourth-order valence-corrected chi connectivity index (χ4v) is 4.72. The highest BCUT2D eigenvalue weighted by Gasteiger charge is 2.38. The average molecular weight is 420 g/mol. The lowest BCUT2D eigenvalue weighted by molar-refractivity contribution is -0.126. The van der Waals surface area contributed by atoms with E-state index < -0.39 is 6.04 Å². The van der Waals surface area contributed by atoms with Crippen LogP contribution in [0.3, 0.4) is 0 Å². The maximum atomic E-state index is 13.5. The van der Waals surface area contributed by atoms with E-state index >= 15 is 0 Å². The normalized spacial score (nSPS) is 18.0. The van der Waals surface area contributed by atoms with Gasteiger partial charge in [-0.25, -0.2) is 0 Å². The number of amides is 2. The minimum absolute atomic E-state index is 0.0772. The SMILES string of the molecule is Cc1ccc([C@H](C(=O)NCC(C)(C)N2CCCCC2)N2Cc3ccccc3C2=O)cc1. The molecule has 0 spiro atoms. The minimum Gasteiger partial charge on any atom is -0.352 e. The second kappa shape index (κ2) is 8.83. The van der Waals surface area contributed by atoms with Crippen molar-refractivity contribution in [3.05, 3.63) is 70.8 Å². The van der Waals surface area contributed by atoms with Crippen molar-refractivity contribution in [2.45, 2.75) is 58.2 Å². The first-order valence-corrected chi connectivity index (χ1v) is 11.3. The molecular weight excluding hydrogens is 386 g/mol. The van der Waals surface area contributed by atoms with Gasteiger partial charge in [-0.3, -0.25) is 14.5 Å². The third-order valence-electron chi connectivity index (χ3n) is 6.71. The lowest BCUT2D eigenvalue weighted by Gasteiger charge is -2.41. The van der Waals surface area contributed by atoms with Crippen LogP contribution < -0.4 is 5.32 Å². The lowest BCUT2D eigenvalue weighted by Crippen LogP contribution is -2.54. The molecule has 1 atom stereocenters. The van der Waals surface area contributed by atoms with E-state index in [1.54, 1.807) is 4.90 Å². The Hall–Kier alpha value is -2.66. The van der Waals surface area contributed by atoms with Gasteiger partial charge in [0.25, 0.3) is 5.91 Å². The van der Waals surface area contributed by atoms with Gasteiger partial charge >= 0.3 is 0 Å². The summed E-state index contributed by atoms with van der Waals surface area (Å²) < 4.78 is 0. The zero-order chi connectivity index (χ0) is 22.0. The van der Waals surface area contributed by atoms with Crippen molar-refractivity contribution in [1.82, 2.24) is 15.1 Å². The molecule has 2 heterocycles. The summed E-state index contributed by atoms with van der Waals surface area (Å²) in [6.07, 6.45) is 3.71. The van der Waals surface area contributed by atoms with Crippen molar-refractivity contribution in [3.63, 3.8) is 0 Å². The van der Waals surface area contributed by atoms with E-state index in [0.717, 1.165) is 29.8 Å². The number of likely N-dealkylation sites (tertiary alicyclic amines) is 1. The van der Waals surface area contributed by atoms with E-state index in [9.17, 15) is 9.59 Å². The largest absolute Gasteiger partial charge is 0.352 e. The summed E-state index contributed by atoms with van der Waals surface area (Å²) in [4.78, 5) is 30.9. The van der Waals surface area contributed by atoms with Gasteiger partial charge in [-0.05, 0) is 63.9 Å². The molecule has 0 radical (unpaired) electrons. The Morgan fingerprint density at radius 3 is 2.39 bits per heavy atom. The third-order valence-corrected chi connectivity index (χ3v) is 6.71. The van der Waals surface area contributed by atoms with Gasteiger partial charge in [0.2, 0.25) is 5.91 Å². The molecule has 0 bridgehead atoms. The van der Waals surface area contributed by atoms with Crippen molar-refractivity contribution in [2.24, 2.45) is 0 Å². The first kappa shape index (κ1) is 21.6. The van der Waals surface area contributed by atoms with Gasteiger partial charge < -0.3 is 10.2 Å². The molecule has 2 aliphatic heterocycles. The molecular formula is C26H33N3O2. The third kappa shape index (κ3) is 4.52. The Bertz CT molecular complexity index is 945. The van der Waals surface area contributed by atoms with Crippen LogP contribution in [0.1, 0.15) is 66.2 Å². The highest BCUT2D eigenvalue weighted by atomic mass is 16.2. The zero-order valence-corrected chi connectivity index (χ0v) is 18.9. The molecule has 164 valence electrons. The Morgan fingerprint density at radius 1 is 1.03 bits per heavy atom. The van der Waals surface area contributed by atoms with Crippen LogP contribution in [0.15, 0.2) is 48.5 Å². The summed E-state index contributed by atoms with van der Waals surface area (Å²) >= 11 is 0. The van der Waals surface area contributed by atoms with Gasteiger partial charge in [-0.15, -0.1) is 0 Å². The molecule has 0 unspecified atom stereocenters. The Labute approximate surface area is 185 Å². The molecule has 0 aromatic heterocycles. The van der Waals surface area contributed by atoms with Crippen LogP contribution in [-0.4, -0.2) is 46.8 Å². The summed E-state index contributed by atoms with van der Waals surface area (Å²) in [5, 5.41) is 3.18. The molecule has 31 heavy (non-hydrogen) atoms. The predicted molar refractivity (Wildman–Crippen MR) is 123 cm³/mol. The number of aryl methyl sites for hydroxylation is 1. The summed E-state index contributed by atoms with van der Waals surface area (Å²) in [5.74, 6) is -0.193. The fourth-order valence-electron chi connectivity index (χ4n) is 4.72. The van der Waals surface area contributed by atoms with Gasteiger partial charge in [-0.1, -0.05) is 54.4 Å². The molecule has 2 aliphatic rings. The number of piperidine rings is 1. The number of rotatable bonds is 6. The smallest absolute Gasteiger partial charge is 0.255 e. The monoisotopic (exact) mass is 419 g/mol. The van der Waals surface area contributed by atoms with Crippen LogP contribution in [0.5, 0.6) is 0 Å². The highest BCUT2D eigenvalue weighted by Crippen LogP contribution is 2.32. The average Bonchev–Trinajstić information content (AvgIpc) is 3.11. The number of carbonyl (C=O) groups is 2. The summed E-state index contributed by atoms with van der Waals surface area (Å²) in [5.41, 5.74) is 3.53. The van der Waals surface area contributed by atoms with Crippen LogP contribution in [0.4, 0.5) is 0 Å². The minimum atomic E-state index is -0.641. The Kier molecular flexibility index (Phi) is 6.15. The summed E-state index contributed by atoms with van der Waals surface area (Å²) in [6, 6.07) is 14.9. The van der Waals surface area contributed by atoms with Crippen LogP contribution in [0.25, 0.3) is 0 Å². The summed E-state index contributed by atoms with van der Waals surface area (Å²) in [6.45, 7) is 9.57. The lowest BCUT2D eigenvalue weighted by atomic mass is 9.97. The van der Waals surface area contributed by atoms with Crippen molar-refractivity contribution in [3.8, 4) is 0 Å². The Balaban J connectivity index is 1.55. The number of benzene rings is 2. The van der Waals surface area contributed by atoms with Crippen molar-refractivity contribution in [1.29, 1.82) is 0 Å². The molecule has 0 aliphatic carbocycles. The topological polar surface area (TPSA) is 52.7 Å². The van der Waals surface area contributed by atoms with E-state index in [1.165, 1.54) is 19.3 Å². The van der Waals surface area contributed by atoms with E-state index in [2.05, 4.69) is 24.1 Å². The Morgan fingerprint density at radius 2 is 1.71 bits per heavy atom. The first-order valence-electron chi connectivity index (χ1n) is 11.3. The maximum Gasteiger partial charge on any atom is 0.255 e. The molecule has 1 fully saturated rings.